The SMILES string of the molecule is CC(C)(C)C(=O)Cn1ccc(=O)c([N+](=O)[O-])c1. The maximum absolute atomic E-state index is 11.7. The lowest BCUT2D eigenvalue weighted by atomic mass is 9.91. The first-order valence-electron chi connectivity index (χ1n) is 5.09. The molecule has 0 saturated heterocycles. The zero-order valence-electron chi connectivity index (χ0n) is 9.97. The predicted molar refractivity (Wildman–Crippen MR) is 61.8 cm³/mol. The molecule has 92 valence electrons. The van der Waals surface area contributed by atoms with Crippen LogP contribution in [0.25, 0.3) is 0 Å². The number of carbonyl (C=O) groups is 1. The van der Waals surface area contributed by atoms with Crippen molar-refractivity contribution in [3.05, 3.63) is 38.8 Å². The summed E-state index contributed by atoms with van der Waals surface area (Å²) < 4.78 is 1.35. The van der Waals surface area contributed by atoms with Gasteiger partial charge in [-0.15, -0.1) is 0 Å². The van der Waals surface area contributed by atoms with Crippen molar-refractivity contribution in [3.63, 3.8) is 0 Å². The van der Waals surface area contributed by atoms with Gasteiger partial charge in [-0.2, -0.15) is 0 Å². The molecule has 0 aromatic carbocycles. The number of nitrogens with zero attached hydrogens (tertiary/aromatic N) is 2. The van der Waals surface area contributed by atoms with Gasteiger partial charge in [0.1, 0.15) is 0 Å². The van der Waals surface area contributed by atoms with Crippen LogP contribution < -0.4 is 5.43 Å². The highest BCUT2D eigenvalue weighted by Gasteiger charge is 2.22. The monoisotopic (exact) mass is 238 g/mol. The van der Waals surface area contributed by atoms with E-state index in [0.29, 0.717) is 0 Å². The first-order chi connectivity index (χ1) is 7.71. The van der Waals surface area contributed by atoms with Crippen molar-refractivity contribution < 1.29 is 9.72 Å². The molecule has 1 aromatic rings. The molecule has 1 heterocycles. The van der Waals surface area contributed by atoms with E-state index in [2.05, 4.69) is 0 Å². The van der Waals surface area contributed by atoms with Gasteiger partial charge in [-0.1, -0.05) is 20.8 Å². The van der Waals surface area contributed by atoms with E-state index in [0.717, 1.165) is 12.3 Å². The van der Waals surface area contributed by atoms with Crippen molar-refractivity contribution >= 4 is 11.5 Å². The van der Waals surface area contributed by atoms with Gasteiger partial charge < -0.3 is 4.57 Å². The summed E-state index contributed by atoms with van der Waals surface area (Å²) in [5.41, 5.74) is -1.69. The van der Waals surface area contributed by atoms with Gasteiger partial charge in [0.25, 0.3) is 5.43 Å². The largest absolute Gasteiger partial charge is 0.341 e. The number of carbonyl (C=O) groups excluding carboxylic acids is 1. The number of hydrogen-bond acceptors (Lipinski definition) is 4. The lowest BCUT2D eigenvalue weighted by molar-refractivity contribution is -0.386. The first kappa shape index (κ1) is 13.1. The van der Waals surface area contributed by atoms with Crippen LogP contribution in [0.1, 0.15) is 20.8 Å². The standard InChI is InChI=1S/C11H14N2O4/c1-11(2,3)10(15)7-12-5-4-9(14)8(6-12)13(16)17/h4-6H,7H2,1-3H3. The molecule has 0 saturated carbocycles. The van der Waals surface area contributed by atoms with Crippen LogP contribution in [0.4, 0.5) is 5.69 Å². The Morgan fingerprint density at radius 1 is 1.47 bits per heavy atom. The topological polar surface area (TPSA) is 82.2 Å². The molecule has 0 radical (unpaired) electrons. The average molecular weight is 238 g/mol. The minimum Gasteiger partial charge on any atom is -0.341 e. The van der Waals surface area contributed by atoms with Crippen LogP contribution in [0.3, 0.4) is 0 Å². The van der Waals surface area contributed by atoms with Gasteiger partial charge in [0.15, 0.2) is 5.78 Å². The zero-order chi connectivity index (χ0) is 13.2. The lowest BCUT2D eigenvalue weighted by Crippen LogP contribution is -2.25. The van der Waals surface area contributed by atoms with Gasteiger partial charge in [-0.3, -0.25) is 19.7 Å². The van der Waals surface area contributed by atoms with E-state index >= 15 is 0 Å². The van der Waals surface area contributed by atoms with E-state index in [-0.39, 0.29) is 12.3 Å². The second-order valence-corrected chi connectivity index (χ2v) is 4.80. The quantitative estimate of drug-likeness (QED) is 0.588. The molecule has 0 atom stereocenters. The van der Waals surface area contributed by atoms with Crippen LogP contribution in [-0.4, -0.2) is 15.3 Å². The maximum Gasteiger partial charge on any atom is 0.332 e. The highest BCUT2D eigenvalue weighted by Crippen LogP contribution is 2.15. The molecule has 0 amide bonds. The Balaban J connectivity index is 3.02. The van der Waals surface area contributed by atoms with Crippen LogP contribution in [0.2, 0.25) is 0 Å². The fourth-order valence-electron chi connectivity index (χ4n) is 1.15. The molecule has 0 spiro atoms. The number of nitro groups is 1. The molecule has 0 aliphatic rings. The Bertz CT molecular complexity index is 511. The second kappa shape index (κ2) is 4.48. The van der Waals surface area contributed by atoms with Gasteiger partial charge in [0.2, 0.25) is 0 Å². The smallest absolute Gasteiger partial charge is 0.332 e. The van der Waals surface area contributed by atoms with Crippen LogP contribution >= 0.6 is 0 Å². The number of hydrogen-bond donors (Lipinski definition) is 0. The van der Waals surface area contributed by atoms with E-state index in [4.69, 9.17) is 0 Å². The molecule has 0 N–H and O–H groups in total. The molecule has 6 heteroatoms. The van der Waals surface area contributed by atoms with Crippen LogP contribution in [0.5, 0.6) is 0 Å². The zero-order valence-corrected chi connectivity index (χ0v) is 9.97. The molecular formula is C11H14N2O4. The summed E-state index contributed by atoms with van der Waals surface area (Å²) in [7, 11) is 0. The second-order valence-electron chi connectivity index (χ2n) is 4.80. The number of rotatable bonds is 3. The summed E-state index contributed by atoms with van der Waals surface area (Å²) >= 11 is 0. The molecule has 17 heavy (non-hydrogen) atoms. The third-order valence-electron chi connectivity index (χ3n) is 2.32. The van der Waals surface area contributed by atoms with Crippen molar-refractivity contribution in [2.75, 3.05) is 0 Å². The molecule has 6 nitrogen and oxygen atoms in total. The van der Waals surface area contributed by atoms with Crippen molar-refractivity contribution in [1.29, 1.82) is 0 Å². The van der Waals surface area contributed by atoms with E-state index in [1.165, 1.54) is 10.8 Å². The predicted octanol–water partition coefficient (Wildman–Crippen LogP) is 1.37. The van der Waals surface area contributed by atoms with Crippen molar-refractivity contribution in [3.8, 4) is 0 Å². The van der Waals surface area contributed by atoms with Crippen molar-refractivity contribution in [2.45, 2.75) is 27.3 Å². The minimum atomic E-state index is -0.750. The number of aromatic nitrogens is 1. The number of pyridine rings is 1. The van der Waals surface area contributed by atoms with Crippen LogP contribution in [0.15, 0.2) is 23.3 Å². The normalized spacial score (nSPS) is 11.2. The van der Waals surface area contributed by atoms with Crippen LogP contribution in [-0.2, 0) is 11.3 Å². The molecule has 0 aliphatic heterocycles. The lowest BCUT2D eigenvalue weighted by Gasteiger charge is -2.17. The summed E-state index contributed by atoms with van der Waals surface area (Å²) in [6, 6.07) is 1.09. The van der Waals surface area contributed by atoms with E-state index in [9.17, 15) is 19.7 Å². The van der Waals surface area contributed by atoms with Crippen molar-refractivity contribution in [1.82, 2.24) is 4.57 Å². The molecule has 1 aromatic heterocycles. The fraction of sp³-hybridized carbons (Fsp3) is 0.455. The average Bonchev–Trinajstić information content (AvgIpc) is 2.19. The Kier molecular flexibility index (Phi) is 3.45. The summed E-state index contributed by atoms with van der Waals surface area (Å²) in [6.07, 6.45) is 2.46. The Labute approximate surface area is 98.0 Å². The highest BCUT2D eigenvalue weighted by atomic mass is 16.6. The highest BCUT2D eigenvalue weighted by molar-refractivity contribution is 5.83. The maximum atomic E-state index is 11.7. The Morgan fingerprint density at radius 3 is 2.53 bits per heavy atom. The Morgan fingerprint density at radius 2 is 2.06 bits per heavy atom. The summed E-state index contributed by atoms with van der Waals surface area (Å²) in [6.45, 7) is 5.33. The van der Waals surface area contributed by atoms with E-state index < -0.39 is 21.5 Å². The molecule has 0 aliphatic carbocycles. The van der Waals surface area contributed by atoms with E-state index in [1.54, 1.807) is 20.8 Å². The van der Waals surface area contributed by atoms with E-state index in [1.807, 2.05) is 0 Å². The first-order valence-corrected chi connectivity index (χ1v) is 5.09. The third-order valence-corrected chi connectivity index (χ3v) is 2.32. The van der Waals surface area contributed by atoms with Gasteiger partial charge in [0, 0.05) is 17.7 Å². The summed E-state index contributed by atoms with van der Waals surface area (Å²) in [4.78, 5) is 32.7. The fourth-order valence-corrected chi connectivity index (χ4v) is 1.15. The van der Waals surface area contributed by atoms with Crippen LogP contribution in [0, 0.1) is 15.5 Å². The molecule has 0 unspecified atom stereocenters. The van der Waals surface area contributed by atoms with Gasteiger partial charge in [0.05, 0.1) is 17.7 Å². The van der Waals surface area contributed by atoms with Gasteiger partial charge >= 0.3 is 5.69 Å². The third kappa shape index (κ3) is 3.24. The Hall–Kier alpha value is -1.98. The summed E-state index contributed by atoms with van der Waals surface area (Å²) in [5.74, 6) is -0.0598. The summed E-state index contributed by atoms with van der Waals surface area (Å²) in [5, 5.41) is 10.6. The van der Waals surface area contributed by atoms with Gasteiger partial charge in [-0.25, -0.2) is 0 Å². The molecule has 1 rings (SSSR count). The minimum absolute atomic E-state index is 0.0185. The molecule has 0 fully saturated rings. The van der Waals surface area contributed by atoms with Gasteiger partial charge in [-0.05, 0) is 0 Å². The molecule has 0 bridgehead atoms. The molecular weight excluding hydrogens is 224 g/mol. The number of ketones is 1. The van der Waals surface area contributed by atoms with Crippen molar-refractivity contribution in [2.24, 2.45) is 5.41 Å². The number of Topliss-reactive ketones (excluding diaryl/α,β-unsaturated/α-hetero) is 1.